The van der Waals surface area contributed by atoms with Gasteiger partial charge in [-0.3, -0.25) is 14.4 Å². The Morgan fingerprint density at radius 1 is 1.02 bits per heavy atom. The minimum absolute atomic E-state index is 0.00283. The van der Waals surface area contributed by atoms with Crippen LogP contribution < -0.4 is 10.1 Å². The first kappa shape index (κ1) is 29.2. The van der Waals surface area contributed by atoms with Crippen molar-refractivity contribution >= 4 is 17.7 Å². The molecule has 2 atom stereocenters. The normalized spacial score (nSPS) is 20.1. The number of piperidine rings is 1. The Morgan fingerprint density at radius 2 is 1.83 bits per heavy atom. The monoisotopic (exact) mass is 576 g/mol. The van der Waals surface area contributed by atoms with Crippen molar-refractivity contribution < 1.29 is 29.0 Å². The number of rotatable bonds is 5. The predicted molar refractivity (Wildman–Crippen MR) is 151 cm³/mol. The van der Waals surface area contributed by atoms with Crippen molar-refractivity contribution in [2.45, 2.75) is 51.0 Å². The maximum absolute atomic E-state index is 13.3. The number of carbonyl (C=O) groups excluding carboxylic acids is 3. The van der Waals surface area contributed by atoms with Crippen LogP contribution in [0.5, 0.6) is 11.5 Å². The maximum atomic E-state index is 13.3. The highest BCUT2D eigenvalue weighted by Gasteiger charge is 2.34. The van der Waals surface area contributed by atoms with Crippen LogP contribution in [-0.2, 0) is 38.7 Å². The van der Waals surface area contributed by atoms with Crippen molar-refractivity contribution in [1.29, 1.82) is 0 Å². The first-order chi connectivity index (χ1) is 20.5. The third kappa shape index (κ3) is 7.92. The van der Waals surface area contributed by atoms with E-state index in [1.165, 1.54) is 22.1 Å². The molecule has 12 heteroatoms. The number of fused-ring (bicyclic) bond motifs is 9. The van der Waals surface area contributed by atoms with Crippen molar-refractivity contribution in [2.24, 2.45) is 0 Å². The largest absolute Gasteiger partial charge is 0.457 e. The Morgan fingerprint density at radius 3 is 2.62 bits per heavy atom. The van der Waals surface area contributed by atoms with Gasteiger partial charge in [-0.1, -0.05) is 24.3 Å². The summed E-state index contributed by atoms with van der Waals surface area (Å²) in [4.78, 5) is 43.9. The summed E-state index contributed by atoms with van der Waals surface area (Å²) in [5.74, 6) is 0.677. The lowest BCUT2D eigenvalue weighted by atomic mass is 10.0. The number of carbonyl (C=O) groups is 3. The fraction of sp³-hybridized carbons (Fsp3) is 0.433. The number of nitrogens with one attached hydrogen (secondary N) is 1. The molecule has 0 aliphatic carbocycles. The van der Waals surface area contributed by atoms with Crippen LogP contribution >= 0.6 is 0 Å². The van der Waals surface area contributed by atoms with Gasteiger partial charge in [0.05, 0.1) is 37.7 Å². The van der Waals surface area contributed by atoms with Gasteiger partial charge >= 0.3 is 0 Å². The van der Waals surface area contributed by atoms with E-state index in [-0.39, 0.29) is 63.0 Å². The van der Waals surface area contributed by atoms with E-state index < -0.39 is 6.04 Å². The van der Waals surface area contributed by atoms with Gasteiger partial charge in [-0.15, -0.1) is 0 Å². The molecule has 2 aromatic carbocycles. The van der Waals surface area contributed by atoms with Crippen molar-refractivity contribution in [3.8, 4) is 11.5 Å². The molecule has 42 heavy (non-hydrogen) atoms. The Kier molecular flexibility index (Phi) is 9.78. The standard InChI is InChI=1S/C30H36N6O6/c37-16-2-14-34-19-28(38)33-26-18-35(30(40)20-36-31-12-13-32-36)15-11-27(26)41-21-23-3-1-4-25(17-23)42-24-8-5-22(6-9-24)7-10-29(34)39/h1,3-6,8-9,12-13,17,26-27,37H,2,7,10-11,14-16,18-21H2,(H,33,38)/t26-,27-/m0/s1. The van der Waals surface area contributed by atoms with E-state index in [0.29, 0.717) is 43.9 Å². The van der Waals surface area contributed by atoms with Gasteiger partial charge in [-0.2, -0.15) is 15.0 Å². The molecule has 3 aliphatic rings. The number of hydrogen-bond acceptors (Lipinski definition) is 8. The molecule has 0 unspecified atom stereocenters. The third-order valence-electron chi connectivity index (χ3n) is 7.41. The van der Waals surface area contributed by atoms with E-state index >= 15 is 0 Å². The van der Waals surface area contributed by atoms with Gasteiger partial charge in [0.25, 0.3) is 0 Å². The molecule has 3 aromatic rings. The molecular weight excluding hydrogens is 540 g/mol. The zero-order valence-corrected chi connectivity index (χ0v) is 23.4. The van der Waals surface area contributed by atoms with Crippen LogP contribution in [-0.4, -0.2) is 92.6 Å². The molecule has 4 bridgehead atoms. The van der Waals surface area contributed by atoms with Gasteiger partial charge in [0, 0.05) is 32.7 Å². The summed E-state index contributed by atoms with van der Waals surface area (Å²) in [5.41, 5.74) is 1.89. The molecular formula is C30H36N6O6. The fourth-order valence-electron chi connectivity index (χ4n) is 5.19. The zero-order valence-electron chi connectivity index (χ0n) is 23.4. The molecule has 0 radical (unpaired) electrons. The van der Waals surface area contributed by atoms with E-state index in [1.54, 1.807) is 4.90 Å². The molecule has 0 spiro atoms. The van der Waals surface area contributed by atoms with Crippen molar-refractivity contribution in [1.82, 2.24) is 30.1 Å². The summed E-state index contributed by atoms with van der Waals surface area (Å²) < 4.78 is 12.4. The van der Waals surface area contributed by atoms with Crippen LogP contribution in [0.3, 0.4) is 0 Å². The Labute approximate surface area is 244 Å². The first-order valence-electron chi connectivity index (χ1n) is 14.2. The second kappa shape index (κ2) is 14.1. The number of aliphatic hydroxyl groups is 1. The van der Waals surface area contributed by atoms with Gasteiger partial charge in [0.15, 0.2) is 0 Å². The Balaban J connectivity index is 1.36. The lowest BCUT2D eigenvalue weighted by Crippen LogP contribution is -2.58. The number of aliphatic hydroxyl groups excluding tert-OH is 1. The second-order valence-corrected chi connectivity index (χ2v) is 10.5. The highest BCUT2D eigenvalue weighted by Crippen LogP contribution is 2.25. The Hall–Kier alpha value is -4.29. The van der Waals surface area contributed by atoms with Crippen LogP contribution in [0, 0.1) is 0 Å². The number of likely N-dealkylation sites (tertiary alicyclic amines) is 1. The molecule has 1 saturated heterocycles. The molecule has 4 heterocycles. The average molecular weight is 577 g/mol. The van der Waals surface area contributed by atoms with Gasteiger partial charge in [0.1, 0.15) is 18.0 Å². The molecule has 6 rings (SSSR count). The molecule has 1 fully saturated rings. The van der Waals surface area contributed by atoms with Gasteiger partial charge in [-0.25, -0.2) is 0 Å². The van der Waals surface area contributed by atoms with Crippen LogP contribution in [0.15, 0.2) is 60.9 Å². The minimum atomic E-state index is -0.493. The molecule has 222 valence electrons. The SMILES string of the molecule is O=C1CN(CCCO)C(=O)CCc2ccc(cc2)Oc2cccc(c2)CO[C@H]2CCN(C(=O)Cn3nccn3)C[C@@H]2N1. The molecule has 0 saturated carbocycles. The summed E-state index contributed by atoms with van der Waals surface area (Å²) in [7, 11) is 0. The van der Waals surface area contributed by atoms with Gasteiger partial charge in [-0.05, 0) is 54.7 Å². The average Bonchev–Trinajstić information content (AvgIpc) is 3.51. The van der Waals surface area contributed by atoms with Crippen LogP contribution in [0.1, 0.15) is 30.4 Å². The fourth-order valence-corrected chi connectivity index (χ4v) is 5.19. The van der Waals surface area contributed by atoms with Crippen LogP contribution in [0.2, 0.25) is 0 Å². The topological polar surface area (TPSA) is 139 Å². The molecule has 12 nitrogen and oxygen atoms in total. The Bertz CT molecular complexity index is 1350. The highest BCUT2D eigenvalue weighted by molar-refractivity contribution is 5.85. The van der Waals surface area contributed by atoms with Crippen LogP contribution in [0.4, 0.5) is 0 Å². The molecule has 3 aliphatic heterocycles. The lowest BCUT2D eigenvalue weighted by Gasteiger charge is -2.39. The zero-order chi connectivity index (χ0) is 29.3. The van der Waals surface area contributed by atoms with Crippen molar-refractivity contribution in [3.63, 3.8) is 0 Å². The first-order valence-corrected chi connectivity index (χ1v) is 14.2. The number of benzene rings is 2. The van der Waals surface area contributed by atoms with E-state index in [1.807, 2.05) is 48.5 Å². The summed E-state index contributed by atoms with van der Waals surface area (Å²) >= 11 is 0. The quantitative estimate of drug-likeness (QED) is 0.466. The van der Waals surface area contributed by atoms with Crippen LogP contribution in [0.25, 0.3) is 0 Å². The molecule has 1 aromatic heterocycles. The summed E-state index contributed by atoms with van der Waals surface area (Å²) in [6.07, 6.45) is 4.27. The van der Waals surface area contributed by atoms with E-state index in [4.69, 9.17) is 9.47 Å². The number of nitrogens with zero attached hydrogens (tertiary/aromatic N) is 5. The number of aromatic nitrogens is 3. The smallest absolute Gasteiger partial charge is 0.246 e. The van der Waals surface area contributed by atoms with Crippen molar-refractivity contribution in [3.05, 3.63) is 72.1 Å². The minimum Gasteiger partial charge on any atom is -0.457 e. The molecule has 2 N–H and O–H groups in total. The summed E-state index contributed by atoms with van der Waals surface area (Å²) in [6.45, 7) is 1.01. The predicted octanol–water partition coefficient (Wildman–Crippen LogP) is 1.53. The van der Waals surface area contributed by atoms with E-state index in [0.717, 1.165) is 11.1 Å². The summed E-state index contributed by atoms with van der Waals surface area (Å²) in [5, 5.41) is 20.4. The maximum Gasteiger partial charge on any atom is 0.246 e. The number of amides is 3. The lowest BCUT2D eigenvalue weighted by molar-refractivity contribution is -0.140. The van der Waals surface area contributed by atoms with Crippen molar-refractivity contribution in [2.75, 3.05) is 32.8 Å². The summed E-state index contributed by atoms with van der Waals surface area (Å²) in [6, 6.07) is 14.8. The second-order valence-electron chi connectivity index (χ2n) is 10.5. The van der Waals surface area contributed by atoms with E-state index in [2.05, 4.69) is 15.5 Å². The van der Waals surface area contributed by atoms with Gasteiger partial charge < -0.3 is 29.7 Å². The highest BCUT2D eigenvalue weighted by atomic mass is 16.5. The number of aryl methyl sites for hydroxylation is 1. The number of hydrogen-bond donors (Lipinski definition) is 2. The molecule has 3 amide bonds. The van der Waals surface area contributed by atoms with Gasteiger partial charge in [0.2, 0.25) is 17.7 Å². The third-order valence-corrected chi connectivity index (χ3v) is 7.41. The number of ether oxygens (including phenoxy) is 2. The van der Waals surface area contributed by atoms with E-state index in [9.17, 15) is 19.5 Å².